The summed E-state index contributed by atoms with van der Waals surface area (Å²) in [5, 5.41) is 9.59. The van der Waals surface area contributed by atoms with Crippen LogP contribution in [0.4, 0.5) is 0 Å². The van der Waals surface area contributed by atoms with Gasteiger partial charge in [-0.05, 0) is 103 Å². The first kappa shape index (κ1) is 49.8. The second-order valence-electron chi connectivity index (χ2n) is 13.3. The highest BCUT2D eigenvalue weighted by Crippen LogP contribution is 2.10. The predicted molar refractivity (Wildman–Crippen MR) is 232 cm³/mol. The van der Waals surface area contributed by atoms with Crippen molar-refractivity contribution in [3.05, 3.63) is 122 Å². The molecule has 0 rings (SSSR count). The van der Waals surface area contributed by atoms with Gasteiger partial charge in [-0.3, -0.25) is 4.79 Å². The van der Waals surface area contributed by atoms with Crippen LogP contribution in [-0.4, -0.2) is 37.0 Å². The highest BCUT2D eigenvalue weighted by molar-refractivity contribution is 5.69. The van der Waals surface area contributed by atoms with Crippen molar-refractivity contribution >= 4 is 5.97 Å². The highest BCUT2D eigenvalue weighted by atomic mass is 16.6. The summed E-state index contributed by atoms with van der Waals surface area (Å²) in [6.07, 6.45) is 66.8. The fourth-order valence-electron chi connectivity index (χ4n) is 5.20. The molecule has 4 nitrogen and oxygen atoms in total. The van der Waals surface area contributed by atoms with Gasteiger partial charge < -0.3 is 14.6 Å². The maximum atomic E-state index is 12.2. The van der Waals surface area contributed by atoms with Crippen LogP contribution in [0.25, 0.3) is 0 Å². The molecule has 298 valence electrons. The summed E-state index contributed by atoms with van der Waals surface area (Å²) < 4.78 is 11.1. The van der Waals surface area contributed by atoms with Crippen molar-refractivity contribution in [2.24, 2.45) is 0 Å². The van der Waals surface area contributed by atoms with Crippen molar-refractivity contribution in [2.75, 3.05) is 19.8 Å². The molecule has 0 saturated carbocycles. The largest absolute Gasteiger partial charge is 0.457 e. The Morgan fingerprint density at radius 1 is 0.453 bits per heavy atom. The van der Waals surface area contributed by atoms with E-state index in [0.717, 1.165) is 109 Å². The Bertz CT molecular complexity index is 1080. The van der Waals surface area contributed by atoms with Crippen molar-refractivity contribution in [3.63, 3.8) is 0 Å². The molecule has 0 saturated heterocycles. The summed E-state index contributed by atoms with van der Waals surface area (Å²) in [6, 6.07) is 0. The fraction of sp³-hybridized carbons (Fsp3) is 0.571. The third-order valence-electron chi connectivity index (χ3n) is 8.28. The molecule has 53 heavy (non-hydrogen) atoms. The van der Waals surface area contributed by atoms with Crippen molar-refractivity contribution in [2.45, 2.75) is 161 Å². The number of carbonyl (C=O) groups excluding carboxylic acids is 1. The van der Waals surface area contributed by atoms with Gasteiger partial charge in [-0.1, -0.05) is 167 Å². The standard InChI is InChI=1S/C49H78O4/c1-3-5-7-9-11-13-15-17-19-20-21-22-23-24-25-26-27-28-29-31-33-35-37-39-41-43-45-52-47-48(46-50)53-49(51)44-42-40-38-36-34-32-30-18-16-14-12-10-8-6-4-2/h5-8,11-14,17-19,21-22,24-25,27-28,30-31,33,48,50H,3-4,9-10,15-16,20,23,26,29,32,34-47H2,1-2H3/b7-5-,8-6-,13-11-,14-12-,19-17-,22-21-,25-24-,28-27-,30-18-,33-31-. The van der Waals surface area contributed by atoms with E-state index in [1.54, 1.807) is 0 Å². The van der Waals surface area contributed by atoms with Gasteiger partial charge in [0.05, 0.1) is 13.2 Å². The molecule has 0 aliphatic heterocycles. The molecule has 1 unspecified atom stereocenters. The molecule has 0 aromatic heterocycles. The lowest BCUT2D eigenvalue weighted by atomic mass is 10.1. The summed E-state index contributed by atoms with van der Waals surface area (Å²) in [6.45, 7) is 5.01. The minimum atomic E-state index is -0.566. The molecule has 0 amide bonds. The van der Waals surface area contributed by atoms with Crippen LogP contribution in [0.2, 0.25) is 0 Å². The van der Waals surface area contributed by atoms with Crippen molar-refractivity contribution < 1.29 is 19.4 Å². The van der Waals surface area contributed by atoms with Gasteiger partial charge in [-0.15, -0.1) is 0 Å². The quantitative estimate of drug-likeness (QED) is 0.0393. The van der Waals surface area contributed by atoms with E-state index in [0.29, 0.717) is 13.0 Å². The molecule has 0 aromatic rings. The highest BCUT2D eigenvalue weighted by Gasteiger charge is 2.13. The number of carbonyl (C=O) groups is 1. The Balaban J connectivity index is 3.60. The summed E-state index contributed by atoms with van der Waals surface area (Å²) in [7, 11) is 0. The minimum Gasteiger partial charge on any atom is -0.457 e. The van der Waals surface area contributed by atoms with Crippen LogP contribution >= 0.6 is 0 Å². The van der Waals surface area contributed by atoms with E-state index in [1.807, 2.05) is 0 Å². The summed E-state index contributed by atoms with van der Waals surface area (Å²) >= 11 is 0. The molecule has 0 fully saturated rings. The molecule has 4 heteroatoms. The second kappa shape index (κ2) is 44.9. The summed E-state index contributed by atoms with van der Waals surface area (Å²) in [5.41, 5.74) is 0. The fourth-order valence-corrected chi connectivity index (χ4v) is 5.20. The molecule has 0 heterocycles. The molecule has 0 aliphatic rings. The first-order valence-corrected chi connectivity index (χ1v) is 21.1. The Kier molecular flexibility index (Phi) is 42.2. The Morgan fingerprint density at radius 2 is 0.792 bits per heavy atom. The average Bonchev–Trinajstić information content (AvgIpc) is 3.16. The van der Waals surface area contributed by atoms with E-state index in [-0.39, 0.29) is 19.2 Å². The Morgan fingerprint density at radius 3 is 1.19 bits per heavy atom. The van der Waals surface area contributed by atoms with E-state index < -0.39 is 6.10 Å². The van der Waals surface area contributed by atoms with Gasteiger partial charge in [0.15, 0.2) is 0 Å². The zero-order valence-electron chi connectivity index (χ0n) is 34.0. The summed E-state index contributed by atoms with van der Waals surface area (Å²) in [4.78, 5) is 12.2. The van der Waals surface area contributed by atoms with Gasteiger partial charge in [0.1, 0.15) is 6.10 Å². The number of aliphatic hydroxyl groups is 1. The zero-order valence-corrected chi connectivity index (χ0v) is 34.0. The molecule has 1 N–H and O–H groups in total. The van der Waals surface area contributed by atoms with Gasteiger partial charge in [-0.25, -0.2) is 0 Å². The molecule has 0 radical (unpaired) electrons. The number of unbranched alkanes of at least 4 members (excludes halogenated alkanes) is 9. The normalized spacial score (nSPS) is 13.6. The van der Waals surface area contributed by atoms with Crippen LogP contribution in [-0.2, 0) is 14.3 Å². The van der Waals surface area contributed by atoms with E-state index in [2.05, 4.69) is 135 Å². The van der Waals surface area contributed by atoms with Crippen molar-refractivity contribution in [3.8, 4) is 0 Å². The molecule has 0 spiro atoms. The van der Waals surface area contributed by atoms with Crippen LogP contribution in [0.3, 0.4) is 0 Å². The van der Waals surface area contributed by atoms with Crippen LogP contribution in [0, 0.1) is 0 Å². The zero-order chi connectivity index (χ0) is 38.4. The third kappa shape index (κ3) is 43.1. The summed E-state index contributed by atoms with van der Waals surface area (Å²) in [5.74, 6) is -0.234. The van der Waals surface area contributed by atoms with Gasteiger partial charge in [0.2, 0.25) is 0 Å². The number of hydrogen-bond donors (Lipinski definition) is 1. The minimum absolute atomic E-state index is 0.199. The lowest BCUT2D eigenvalue weighted by Crippen LogP contribution is -2.27. The predicted octanol–water partition coefficient (Wildman–Crippen LogP) is 14.1. The van der Waals surface area contributed by atoms with Crippen molar-refractivity contribution in [1.82, 2.24) is 0 Å². The Hall–Kier alpha value is -3.21. The first-order chi connectivity index (χ1) is 26.2. The lowest BCUT2D eigenvalue weighted by molar-refractivity contribution is -0.154. The lowest BCUT2D eigenvalue weighted by Gasteiger charge is -2.15. The number of hydrogen-bond acceptors (Lipinski definition) is 4. The van der Waals surface area contributed by atoms with E-state index in [1.165, 1.54) is 25.7 Å². The maximum Gasteiger partial charge on any atom is 0.306 e. The molecule has 1 atom stereocenters. The SMILES string of the molecule is CC/C=C\C/C=C\C/C=C\C/C=C\C/C=C\C/C=C\C/C=C\CCCCCCOCC(CO)OC(=O)CCCCCCC/C=C\C/C=C\C/C=C\CC. The number of allylic oxidation sites excluding steroid dienone is 20. The van der Waals surface area contributed by atoms with Gasteiger partial charge in [0.25, 0.3) is 0 Å². The van der Waals surface area contributed by atoms with Crippen LogP contribution < -0.4 is 0 Å². The van der Waals surface area contributed by atoms with Crippen molar-refractivity contribution in [1.29, 1.82) is 0 Å². The smallest absolute Gasteiger partial charge is 0.306 e. The molecular formula is C49H78O4. The Labute approximate surface area is 327 Å². The van der Waals surface area contributed by atoms with Crippen LogP contribution in [0.1, 0.15) is 155 Å². The van der Waals surface area contributed by atoms with Gasteiger partial charge in [0, 0.05) is 13.0 Å². The van der Waals surface area contributed by atoms with E-state index >= 15 is 0 Å². The third-order valence-corrected chi connectivity index (χ3v) is 8.28. The average molecular weight is 731 g/mol. The number of aliphatic hydroxyl groups excluding tert-OH is 1. The molecule has 0 bridgehead atoms. The first-order valence-electron chi connectivity index (χ1n) is 21.1. The number of ether oxygens (including phenoxy) is 2. The van der Waals surface area contributed by atoms with Crippen LogP contribution in [0.15, 0.2) is 122 Å². The van der Waals surface area contributed by atoms with E-state index in [9.17, 15) is 9.90 Å². The maximum absolute atomic E-state index is 12.2. The topological polar surface area (TPSA) is 55.8 Å². The number of esters is 1. The van der Waals surface area contributed by atoms with Gasteiger partial charge >= 0.3 is 5.97 Å². The van der Waals surface area contributed by atoms with Gasteiger partial charge in [-0.2, -0.15) is 0 Å². The molecule has 0 aliphatic carbocycles. The molecular weight excluding hydrogens is 653 g/mol. The van der Waals surface area contributed by atoms with Crippen LogP contribution in [0.5, 0.6) is 0 Å². The molecule has 0 aromatic carbocycles. The monoisotopic (exact) mass is 731 g/mol. The number of rotatable bonds is 37. The van der Waals surface area contributed by atoms with E-state index in [4.69, 9.17) is 9.47 Å². The second-order valence-corrected chi connectivity index (χ2v) is 13.3.